The second-order valence-electron chi connectivity index (χ2n) is 5.14. The van der Waals surface area contributed by atoms with E-state index >= 15 is 0 Å². The summed E-state index contributed by atoms with van der Waals surface area (Å²) in [4.78, 5) is 12.9. The third kappa shape index (κ3) is 2.72. The molecule has 3 heterocycles. The smallest absolute Gasteiger partial charge is 0.300 e. The fourth-order valence-corrected chi connectivity index (χ4v) is 2.53. The normalized spacial score (nSPS) is 20.0. The Bertz CT molecular complexity index is 601. The molecular formula is C13H17ClN4O2. The average Bonchev–Trinajstić information content (AvgIpc) is 2.81. The number of likely N-dealkylation sites (N-methyl/N-ethyl adjacent to an activating group) is 1. The number of halogens is 1. The molecule has 0 radical (unpaired) electrons. The van der Waals surface area contributed by atoms with Gasteiger partial charge in [-0.25, -0.2) is 4.98 Å². The Balaban J connectivity index is 1.90. The van der Waals surface area contributed by atoms with E-state index in [0.717, 1.165) is 13.1 Å². The molecule has 20 heavy (non-hydrogen) atoms. The number of morpholine rings is 1. The van der Waals surface area contributed by atoms with E-state index in [-0.39, 0.29) is 6.04 Å². The van der Waals surface area contributed by atoms with Crippen LogP contribution in [-0.4, -0.2) is 61.3 Å². The number of hydrogen-bond acceptors (Lipinski definition) is 6. The van der Waals surface area contributed by atoms with Crippen molar-refractivity contribution in [3.63, 3.8) is 0 Å². The summed E-state index contributed by atoms with van der Waals surface area (Å²) in [6.07, 6.45) is 0. The minimum Gasteiger partial charge on any atom is -0.422 e. The molecule has 1 atom stereocenters. The predicted molar refractivity (Wildman–Crippen MR) is 77.3 cm³/mol. The third-order valence-electron chi connectivity index (χ3n) is 3.26. The van der Waals surface area contributed by atoms with Gasteiger partial charge >= 0.3 is 0 Å². The molecular weight excluding hydrogens is 280 g/mol. The first-order valence-corrected chi connectivity index (χ1v) is 6.93. The Morgan fingerprint density at radius 3 is 3.05 bits per heavy atom. The molecule has 6 nitrogen and oxygen atoms in total. The van der Waals surface area contributed by atoms with E-state index in [4.69, 9.17) is 20.8 Å². The summed E-state index contributed by atoms with van der Waals surface area (Å²) in [7, 11) is 4.08. The van der Waals surface area contributed by atoms with Crippen LogP contribution in [0.3, 0.4) is 0 Å². The van der Waals surface area contributed by atoms with Crippen molar-refractivity contribution >= 4 is 28.8 Å². The van der Waals surface area contributed by atoms with Crippen LogP contribution < -0.4 is 4.90 Å². The molecule has 1 unspecified atom stereocenters. The van der Waals surface area contributed by atoms with E-state index in [2.05, 4.69) is 19.8 Å². The van der Waals surface area contributed by atoms with Crippen molar-refractivity contribution in [3.8, 4) is 0 Å². The molecule has 0 aliphatic carbocycles. The predicted octanol–water partition coefficient (Wildman–Crippen LogP) is 1.64. The number of hydrogen-bond donors (Lipinski definition) is 0. The van der Waals surface area contributed by atoms with Crippen molar-refractivity contribution in [2.24, 2.45) is 0 Å². The highest BCUT2D eigenvalue weighted by molar-refractivity contribution is 6.29. The van der Waals surface area contributed by atoms with Gasteiger partial charge < -0.3 is 19.0 Å². The molecule has 0 bridgehead atoms. The Morgan fingerprint density at radius 2 is 2.25 bits per heavy atom. The number of aromatic nitrogens is 2. The number of nitrogens with zero attached hydrogens (tertiary/aromatic N) is 4. The summed E-state index contributed by atoms with van der Waals surface area (Å²) >= 11 is 5.88. The Morgan fingerprint density at radius 1 is 1.40 bits per heavy atom. The molecule has 108 valence electrons. The third-order valence-corrected chi connectivity index (χ3v) is 3.47. The van der Waals surface area contributed by atoms with Crippen molar-refractivity contribution in [2.75, 3.05) is 45.3 Å². The van der Waals surface area contributed by atoms with E-state index in [9.17, 15) is 0 Å². The molecule has 0 aromatic carbocycles. The number of fused-ring (bicyclic) bond motifs is 1. The van der Waals surface area contributed by atoms with Crippen LogP contribution in [0, 0.1) is 0 Å². The minimum absolute atomic E-state index is 0.224. The molecule has 1 aliphatic rings. The van der Waals surface area contributed by atoms with Gasteiger partial charge in [0.05, 0.1) is 19.3 Å². The van der Waals surface area contributed by atoms with Gasteiger partial charge in [-0.05, 0) is 26.2 Å². The first-order valence-electron chi connectivity index (χ1n) is 6.55. The van der Waals surface area contributed by atoms with Crippen molar-refractivity contribution < 1.29 is 9.15 Å². The number of rotatable bonds is 3. The highest BCUT2D eigenvalue weighted by Crippen LogP contribution is 2.24. The van der Waals surface area contributed by atoms with Gasteiger partial charge in [-0.2, -0.15) is 4.98 Å². The monoisotopic (exact) mass is 296 g/mol. The topological polar surface area (TPSA) is 54.6 Å². The average molecular weight is 297 g/mol. The van der Waals surface area contributed by atoms with E-state index in [1.807, 2.05) is 14.1 Å². The van der Waals surface area contributed by atoms with Crippen LogP contribution in [0.5, 0.6) is 0 Å². The van der Waals surface area contributed by atoms with Gasteiger partial charge in [-0.1, -0.05) is 11.6 Å². The highest BCUT2D eigenvalue weighted by atomic mass is 35.5. The lowest BCUT2D eigenvalue weighted by Crippen LogP contribution is -2.50. The van der Waals surface area contributed by atoms with Crippen LogP contribution >= 0.6 is 11.6 Å². The molecule has 0 spiro atoms. The SMILES string of the molecule is CN(C)CC1COCCN1c1nc2nc(Cl)ccc2o1. The summed E-state index contributed by atoms with van der Waals surface area (Å²) in [6.45, 7) is 2.99. The molecule has 0 amide bonds. The molecule has 1 fully saturated rings. The Hall–Kier alpha value is -1.37. The van der Waals surface area contributed by atoms with Crippen molar-refractivity contribution in [1.82, 2.24) is 14.9 Å². The maximum atomic E-state index is 5.88. The number of anilines is 1. The number of oxazole rings is 1. The lowest BCUT2D eigenvalue weighted by atomic mass is 10.2. The van der Waals surface area contributed by atoms with E-state index < -0.39 is 0 Å². The largest absolute Gasteiger partial charge is 0.422 e. The van der Waals surface area contributed by atoms with E-state index in [1.165, 1.54) is 0 Å². The van der Waals surface area contributed by atoms with Crippen LogP contribution in [0.1, 0.15) is 0 Å². The van der Waals surface area contributed by atoms with Crippen LogP contribution in [0.4, 0.5) is 6.01 Å². The molecule has 3 rings (SSSR count). The maximum absolute atomic E-state index is 5.88. The van der Waals surface area contributed by atoms with E-state index in [0.29, 0.717) is 35.6 Å². The standard InChI is InChI=1S/C13H17ClN4O2/c1-17(2)7-9-8-19-6-5-18(9)13-16-12-10(20-13)3-4-11(14)15-12/h3-4,9H,5-8H2,1-2H3. The summed E-state index contributed by atoms with van der Waals surface area (Å²) in [5.41, 5.74) is 1.20. The molecule has 1 saturated heterocycles. The summed E-state index contributed by atoms with van der Waals surface area (Å²) in [6, 6.07) is 4.31. The first kappa shape index (κ1) is 13.6. The number of pyridine rings is 1. The van der Waals surface area contributed by atoms with Crippen LogP contribution in [0.2, 0.25) is 5.15 Å². The zero-order valence-electron chi connectivity index (χ0n) is 11.5. The molecule has 0 N–H and O–H groups in total. The second-order valence-corrected chi connectivity index (χ2v) is 5.52. The van der Waals surface area contributed by atoms with Crippen LogP contribution in [0.25, 0.3) is 11.2 Å². The lowest BCUT2D eigenvalue weighted by molar-refractivity contribution is 0.0828. The fourth-order valence-electron chi connectivity index (χ4n) is 2.39. The molecule has 2 aromatic rings. The van der Waals surface area contributed by atoms with Gasteiger partial charge in [0.2, 0.25) is 5.65 Å². The minimum atomic E-state index is 0.224. The number of ether oxygens (including phenoxy) is 1. The van der Waals surface area contributed by atoms with Gasteiger partial charge in [-0.3, -0.25) is 0 Å². The molecule has 2 aromatic heterocycles. The van der Waals surface area contributed by atoms with Crippen LogP contribution in [-0.2, 0) is 4.74 Å². The van der Waals surface area contributed by atoms with Crippen molar-refractivity contribution in [3.05, 3.63) is 17.3 Å². The quantitative estimate of drug-likeness (QED) is 0.803. The van der Waals surface area contributed by atoms with Gasteiger partial charge in [0.25, 0.3) is 6.01 Å². The Labute approximate surface area is 122 Å². The maximum Gasteiger partial charge on any atom is 0.300 e. The van der Waals surface area contributed by atoms with Gasteiger partial charge in [0, 0.05) is 13.1 Å². The van der Waals surface area contributed by atoms with Gasteiger partial charge in [-0.15, -0.1) is 0 Å². The summed E-state index contributed by atoms with van der Waals surface area (Å²) in [5, 5.41) is 0.421. The zero-order chi connectivity index (χ0) is 14.1. The first-order chi connectivity index (χ1) is 9.63. The zero-order valence-corrected chi connectivity index (χ0v) is 12.3. The summed E-state index contributed by atoms with van der Waals surface area (Å²) < 4.78 is 11.3. The van der Waals surface area contributed by atoms with Crippen molar-refractivity contribution in [1.29, 1.82) is 0 Å². The molecule has 0 saturated carbocycles. The summed E-state index contributed by atoms with van der Waals surface area (Å²) in [5.74, 6) is 0. The van der Waals surface area contributed by atoms with E-state index in [1.54, 1.807) is 12.1 Å². The van der Waals surface area contributed by atoms with Crippen LogP contribution in [0.15, 0.2) is 16.5 Å². The van der Waals surface area contributed by atoms with Gasteiger partial charge in [0.1, 0.15) is 5.15 Å². The lowest BCUT2D eigenvalue weighted by Gasteiger charge is -2.35. The molecule has 7 heteroatoms. The fraction of sp³-hybridized carbons (Fsp3) is 0.538. The second kappa shape index (κ2) is 5.55. The highest BCUT2D eigenvalue weighted by Gasteiger charge is 2.27. The Kier molecular flexibility index (Phi) is 3.78. The molecule has 1 aliphatic heterocycles. The van der Waals surface area contributed by atoms with Gasteiger partial charge in [0.15, 0.2) is 5.58 Å². The van der Waals surface area contributed by atoms with Crippen molar-refractivity contribution in [2.45, 2.75) is 6.04 Å².